The van der Waals surface area contributed by atoms with E-state index in [0.29, 0.717) is 18.7 Å². The van der Waals surface area contributed by atoms with Crippen LogP contribution in [0, 0.1) is 11.8 Å². The van der Waals surface area contributed by atoms with Gasteiger partial charge in [0.05, 0.1) is 0 Å². The molecule has 2 aliphatic rings. The average molecular weight is 400 g/mol. The molecule has 0 radical (unpaired) electrons. The number of rotatable bonds is 6. The first-order valence-electron chi connectivity index (χ1n) is 10.9. The second-order valence-corrected chi connectivity index (χ2v) is 8.08. The van der Waals surface area contributed by atoms with Crippen molar-refractivity contribution in [2.45, 2.75) is 39.5 Å². The highest BCUT2D eigenvalue weighted by Crippen LogP contribution is 2.27. The Kier molecular flexibility index (Phi) is 7.29. The number of nitrogens with zero attached hydrogens (tertiary/aromatic N) is 3. The quantitative estimate of drug-likeness (QED) is 0.690. The summed E-state index contributed by atoms with van der Waals surface area (Å²) in [6, 6.07) is 7.62. The Hall–Kier alpha value is -2.37. The van der Waals surface area contributed by atoms with E-state index in [2.05, 4.69) is 4.90 Å². The smallest absolute Gasteiger partial charge is 0.225 e. The highest BCUT2D eigenvalue weighted by atomic mass is 16.2. The topological polar surface area (TPSA) is 60.9 Å². The summed E-state index contributed by atoms with van der Waals surface area (Å²) in [5, 5.41) is 0. The molecule has 2 amide bonds. The highest BCUT2D eigenvalue weighted by Gasteiger charge is 2.33. The fourth-order valence-electron chi connectivity index (χ4n) is 4.55. The number of carbonyl (C=O) groups excluding carboxylic acids is 3. The van der Waals surface area contributed by atoms with E-state index < -0.39 is 0 Å². The Morgan fingerprint density at radius 2 is 1.48 bits per heavy atom. The van der Waals surface area contributed by atoms with E-state index >= 15 is 0 Å². The molecule has 0 saturated carbocycles. The van der Waals surface area contributed by atoms with Crippen LogP contribution < -0.4 is 4.90 Å². The van der Waals surface area contributed by atoms with Crippen molar-refractivity contribution in [2.75, 3.05) is 44.2 Å². The van der Waals surface area contributed by atoms with Gasteiger partial charge in [-0.25, -0.2) is 0 Å². The van der Waals surface area contributed by atoms with Crippen molar-refractivity contribution in [3.8, 4) is 0 Å². The van der Waals surface area contributed by atoms with Gasteiger partial charge in [-0.2, -0.15) is 0 Å². The summed E-state index contributed by atoms with van der Waals surface area (Å²) < 4.78 is 0. The molecule has 0 aromatic heterocycles. The third-order valence-corrected chi connectivity index (χ3v) is 6.47. The summed E-state index contributed by atoms with van der Waals surface area (Å²) >= 11 is 0. The largest absolute Gasteiger partial charge is 0.371 e. The van der Waals surface area contributed by atoms with Crippen LogP contribution in [0.5, 0.6) is 0 Å². The molecule has 0 atom stereocenters. The molecule has 0 spiro atoms. The lowest BCUT2D eigenvalue weighted by molar-refractivity contribution is -0.142. The third kappa shape index (κ3) is 4.98. The second kappa shape index (κ2) is 9.90. The minimum atomic E-state index is 0.0649. The number of hydrogen-bond donors (Lipinski definition) is 0. The number of anilines is 1. The van der Waals surface area contributed by atoms with Crippen LogP contribution in [0.1, 0.15) is 49.9 Å². The van der Waals surface area contributed by atoms with E-state index in [1.54, 1.807) is 0 Å². The number of piperidine rings is 2. The first-order chi connectivity index (χ1) is 14.1. The van der Waals surface area contributed by atoms with Crippen LogP contribution in [0.25, 0.3) is 0 Å². The molecule has 0 unspecified atom stereocenters. The lowest BCUT2D eigenvalue weighted by Gasteiger charge is -2.38. The fourth-order valence-corrected chi connectivity index (χ4v) is 4.55. The predicted molar refractivity (Wildman–Crippen MR) is 114 cm³/mol. The number of likely N-dealkylation sites (tertiary alicyclic amines) is 1. The summed E-state index contributed by atoms with van der Waals surface area (Å²) in [6.07, 6.45) is 4.12. The molecule has 1 aromatic carbocycles. The molecule has 0 aliphatic carbocycles. The van der Waals surface area contributed by atoms with Crippen molar-refractivity contribution in [3.63, 3.8) is 0 Å². The van der Waals surface area contributed by atoms with Gasteiger partial charge in [-0.1, -0.05) is 0 Å². The molecule has 158 valence electrons. The van der Waals surface area contributed by atoms with Crippen molar-refractivity contribution in [1.82, 2.24) is 9.80 Å². The van der Waals surface area contributed by atoms with Gasteiger partial charge >= 0.3 is 0 Å². The van der Waals surface area contributed by atoms with E-state index in [0.717, 1.165) is 63.8 Å². The molecule has 2 fully saturated rings. The molecule has 1 aromatic rings. The number of carbonyl (C=O) groups is 3. The van der Waals surface area contributed by atoms with Crippen LogP contribution >= 0.6 is 0 Å². The maximum atomic E-state index is 13.0. The normalized spacial score (nSPS) is 18.6. The SMILES string of the molecule is CCN(CC)C(=O)C1CCN(C(=O)C2CCN(c3ccc(C=O)cc3)CC2)CC1. The highest BCUT2D eigenvalue weighted by molar-refractivity contribution is 5.81. The van der Waals surface area contributed by atoms with E-state index in [9.17, 15) is 14.4 Å². The maximum absolute atomic E-state index is 13.0. The van der Waals surface area contributed by atoms with E-state index in [4.69, 9.17) is 0 Å². The zero-order valence-corrected chi connectivity index (χ0v) is 17.7. The molecular weight excluding hydrogens is 366 g/mol. The number of benzene rings is 1. The molecule has 2 aliphatic heterocycles. The molecule has 0 N–H and O–H groups in total. The zero-order chi connectivity index (χ0) is 20.8. The second-order valence-electron chi connectivity index (χ2n) is 8.08. The lowest BCUT2D eigenvalue weighted by atomic mass is 9.91. The first-order valence-corrected chi connectivity index (χ1v) is 10.9. The van der Waals surface area contributed by atoms with Crippen molar-refractivity contribution >= 4 is 23.8 Å². The Bertz CT molecular complexity index is 699. The van der Waals surface area contributed by atoms with Crippen LogP contribution in [0.15, 0.2) is 24.3 Å². The fraction of sp³-hybridized carbons (Fsp3) is 0.609. The number of hydrogen-bond acceptors (Lipinski definition) is 4. The standard InChI is InChI=1S/C23H33N3O3/c1-3-24(4-2)22(28)19-11-15-26(16-12-19)23(29)20-9-13-25(14-10-20)21-7-5-18(17-27)6-8-21/h5-8,17,19-20H,3-4,9-16H2,1-2H3. The summed E-state index contributed by atoms with van der Waals surface area (Å²) in [6.45, 7) is 8.65. The molecule has 3 rings (SSSR count). The van der Waals surface area contributed by atoms with E-state index in [1.807, 2.05) is 47.9 Å². The van der Waals surface area contributed by atoms with Gasteiger partial charge in [-0.15, -0.1) is 0 Å². The Labute approximate surface area is 173 Å². The molecular formula is C23H33N3O3. The van der Waals surface area contributed by atoms with Crippen LogP contribution in [0.4, 0.5) is 5.69 Å². The number of aldehydes is 1. The molecule has 6 nitrogen and oxygen atoms in total. The van der Waals surface area contributed by atoms with Gasteiger partial charge in [0.25, 0.3) is 0 Å². The predicted octanol–water partition coefficient (Wildman–Crippen LogP) is 2.82. The van der Waals surface area contributed by atoms with Crippen LogP contribution in [0.3, 0.4) is 0 Å². The molecule has 0 bridgehead atoms. The van der Waals surface area contributed by atoms with Gasteiger partial charge in [0.15, 0.2) is 0 Å². The third-order valence-electron chi connectivity index (χ3n) is 6.47. The maximum Gasteiger partial charge on any atom is 0.225 e. The monoisotopic (exact) mass is 399 g/mol. The average Bonchev–Trinajstić information content (AvgIpc) is 2.79. The Morgan fingerprint density at radius 3 is 2.00 bits per heavy atom. The lowest BCUT2D eigenvalue weighted by Crippen LogP contribution is -2.47. The van der Waals surface area contributed by atoms with E-state index in [1.165, 1.54) is 0 Å². The van der Waals surface area contributed by atoms with Gasteiger partial charge in [0.2, 0.25) is 11.8 Å². The van der Waals surface area contributed by atoms with Crippen molar-refractivity contribution in [3.05, 3.63) is 29.8 Å². The number of amides is 2. The Balaban J connectivity index is 1.47. The zero-order valence-electron chi connectivity index (χ0n) is 17.7. The first kappa shape index (κ1) is 21.3. The summed E-state index contributed by atoms with van der Waals surface area (Å²) in [5.41, 5.74) is 1.79. The van der Waals surface area contributed by atoms with Crippen molar-refractivity contribution in [1.29, 1.82) is 0 Å². The van der Waals surface area contributed by atoms with Gasteiger partial charge in [-0.3, -0.25) is 14.4 Å². The molecule has 2 saturated heterocycles. The molecule has 29 heavy (non-hydrogen) atoms. The van der Waals surface area contributed by atoms with Crippen LogP contribution in [-0.4, -0.2) is 67.2 Å². The summed E-state index contributed by atoms with van der Waals surface area (Å²) in [4.78, 5) is 42.5. The minimum Gasteiger partial charge on any atom is -0.371 e. The van der Waals surface area contributed by atoms with E-state index in [-0.39, 0.29) is 23.7 Å². The Morgan fingerprint density at radius 1 is 0.931 bits per heavy atom. The van der Waals surface area contributed by atoms with Crippen LogP contribution in [-0.2, 0) is 9.59 Å². The molecule has 6 heteroatoms. The van der Waals surface area contributed by atoms with Crippen LogP contribution in [0.2, 0.25) is 0 Å². The van der Waals surface area contributed by atoms with Gasteiger partial charge in [-0.05, 0) is 63.8 Å². The summed E-state index contributed by atoms with van der Waals surface area (Å²) in [7, 11) is 0. The van der Waals surface area contributed by atoms with Crippen molar-refractivity contribution in [2.24, 2.45) is 11.8 Å². The minimum absolute atomic E-state index is 0.0649. The van der Waals surface area contributed by atoms with Gasteiger partial charge in [0.1, 0.15) is 6.29 Å². The van der Waals surface area contributed by atoms with Gasteiger partial charge < -0.3 is 14.7 Å². The van der Waals surface area contributed by atoms with Crippen molar-refractivity contribution < 1.29 is 14.4 Å². The summed E-state index contributed by atoms with van der Waals surface area (Å²) in [5.74, 6) is 0.649. The molecule has 2 heterocycles. The van der Waals surface area contributed by atoms with Gasteiger partial charge in [0, 0.05) is 62.4 Å².